The zero-order valence-corrected chi connectivity index (χ0v) is 12.1. The highest BCUT2D eigenvalue weighted by Crippen LogP contribution is 1.86. The number of carbonyl (C=O) groups excluding carboxylic acids is 2. The number of methoxy groups -OCH3 is 1. The van der Waals surface area contributed by atoms with Crippen LogP contribution in [0.5, 0.6) is 0 Å². The first-order chi connectivity index (χ1) is 10.1. The maximum atomic E-state index is 10.7. The Kier molecular flexibility index (Phi) is 17.1. The van der Waals surface area contributed by atoms with Crippen LogP contribution in [0.25, 0.3) is 0 Å². The summed E-state index contributed by atoms with van der Waals surface area (Å²) in [4.78, 5) is 21.0. The van der Waals surface area contributed by atoms with Gasteiger partial charge in [-0.3, -0.25) is 0 Å². The second kappa shape index (κ2) is 17.4. The van der Waals surface area contributed by atoms with E-state index in [-0.39, 0.29) is 0 Å². The third-order valence-electron chi connectivity index (χ3n) is 1.61. The van der Waals surface area contributed by atoms with Gasteiger partial charge >= 0.3 is 11.9 Å². The molecular formula is C14H18N2O5. The molecule has 7 heteroatoms. The predicted octanol–water partition coefficient (Wildman–Crippen LogP) is 1.28. The summed E-state index contributed by atoms with van der Waals surface area (Å²) >= 11 is 0. The van der Waals surface area contributed by atoms with E-state index in [1.807, 2.05) is 0 Å². The Labute approximate surface area is 124 Å². The van der Waals surface area contributed by atoms with Crippen molar-refractivity contribution < 1.29 is 23.8 Å². The zero-order chi connectivity index (χ0) is 16.3. The lowest BCUT2D eigenvalue weighted by Gasteiger charge is -1.99. The summed E-state index contributed by atoms with van der Waals surface area (Å²) in [5.74, 6) is -0.966. The lowest BCUT2D eigenvalue weighted by Crippen LogP contribution is -2.04. The highest BCUT2D eigenvalue weighted by molar-refractivity contribution is 5.82. The van der Waals surface area contributed by atoms with Gasteiger partial charge in [-0.2, -0.15) is 10.5 Å². The second-order valence-electron chi connectivity index (χ2n) is 3.19. The first-order valence-corrected chi connectivity index (χ1v) is 6.07. The van der Waals surface area contributed by atoms with E-state index in [1.165, 1.54) is 0 Å². The molecule has 0 spiro atoms. The monoisotopic (exact) mass is 294 g/mol. The molecule has 0 aliphatic rings. The minimum atomic E-state index is -0.493. The highest BCUT2D eigenvalue weighted by Gasteiger charge is 1.94. The molecule has 0 aromatic carbocycles. The SMILES string of the molecule is CCOC(=O)C=CC#N.COCCCOC(=O)C=CC#N. The Balaban J connectivity index is 0. The number of ether oxygens (including phenoxy) is 3. The molecule has 114 valence electrons. The summed E-state index contributed by atoms with van der Waals surface area (Å²) in [6.45, 7) is 2.93. The summed E-state index contributed by atoms with van der Waals surface area (Å²) in [5, 5.41) is 16.0. The van der Waals surface area contributed by atoms with Crippen LogP contribution >= 0.6 is 0 Å². The van der Waals surface area contributed by atoms with Crippen molar-refractivity contribution in [3.63, 3.8) is 0 Å². The molecular weight excluding hydrogens is 276 g/mol. The minimum absolute atomic E-state index is 0.322. The van der Waals surface area contributed by atoms with Crippen LogP contribution in [0, 0.1) is 22.7 Å². The van der Waals surface area contributed by atoms with E-state index < -0.39 is 11.9 Å². The highest BCUT2D eigenvalue weighted by atomic mass is 16.5. The largest absolute Gasteiger partial charge is 0.463 e. The maximum absolute atomic E-state index is 10.7. The van der Waals surface area contributed by atoms with Crippen LogP contribution in [-0.2, 0) is 23.8 Å². The topological polar surface area (TPSA) is 109 Å². The van der Waals surface area contributed by atoms with Gasteiger partial charge in [0.25, 0.3) is 0 Å². The fraction of sp³-hybridized carbons (Fsp3) is 0.429. The number of rotatable bonds is 7. The summed E-state index contributed by atoms with van der Waals surface area (Å²) in [7, 11) is 1.58. The van der Waals surface area contributed by atoms with Crippen molar-refractivity contribution in [1.82, 2.24) is 0 Å². The lowest BCUT2D eigenvalue weighted by molar-refractivity contribution is -0.138. The second-order valence-corrected chi connectivity index (χ2v) is 3.19. The molecule has 21 heavy (non-hydrogen) atoms. The van der Waals surface area contributed by atoms with E-state index >= 15 is 0 Å². The molecule has 0 amide bonds. The number of nitrogens with zero attached hydrogens (tertiary/aromatic N) is 2. The molecule has 0 saturated carbocycles. The van der Waals surface area contributed by atoms with Crippen molar-refractivity contribution in [2.45, 2.75) is 13.3 Å². The van der Waals surface area contributed by atoms with Crippen LogP contribution in [0.2, 0.25) is 0 Å². The first kappa shape index (κ1) is 20.7. The number of allylic oxidation sites excluding steroid dienone is 2. The number of hydrogen-bond acceptors (Lipinski definition) is 7. The van der Waals surface area contributed by atoms with Crippen LogP contribution < -0.4 is 0 Å². The molecule has 0 aromatic heterocycles. The van der Waals surface area contributed by atoms with Gasteiger partial charge in [0.2, 0.25) is 0 Å². The standard InChI is InChI=1S/C8H11NO3.C6H7NO2/c1-11-6-3-7-12-8(10)4-2-5-9;1-2-9-6(8)4-3-5-7/h2,4H,3,6-7H2,1H3;3-4H,2H2,1H3. The van der Waals surface area contributed by atoms with Gasteiger partial charge in [0.15, 0.2) is 0 Å². The molecule has 0 N–H and O–H groups in total. The molecule has 0 radical (unpaired) electrons. The molecule has 0 bridgehead atoms. The fourth-order valence-electron chi connectivity index (χ4n) is 0.825. The molecule has 0 unspecified atom stereocenters. The minimum Gasteiger partial charge on any atom is -0.463 e. The Hall–Kier alpha value is -2.64. The summed E-state index contributed by atoms with van der Waals surface area (Å²) in [6, 6.07) is 3.37. The third-order valence-corrected chi connectivity index (χ3v) is 1.61. The summed E-state index contributed by atoms with van der Waals surface area (Å²) in [6.07, 6.45) is 5.01. The van der Waals surface area contributed by atoms with Crippen molar-refractivity contribution in [2.75, 3.05) is 26.9 Å². The van der Waals surface area contributed by atoms with E-state index in [2.05, 4.69) is 9.47 Å². The van der Waals surface area contributed by atoms with Crippen LogP contribution in [-0.4, -0.2) is 38.9 Å². The average molecular weight is 294 g/mol. The van der Waals surface area contributed by atoms with Crippen molar-refractivity contribution in [2.24, 2.45) is 0 Å². The molecule has 0 rings (SSSR count). The number of hydrogen-bond donors (Lipinski definition) is 0. The first-order valence-electron chi connectivity index (χ1n) is 6.07. The summed E-state index contributed by atoms with van der Waals surface area (Å²) in [5.41, 5.74) is 0. The van der Waals surface area contributed by atoms with Crippen molar-refractivity contribution in [3.8, 4) is 12.1 Å². The molecule has 0 fully saturated rings. The van der Waals surface area contributed by atoms with Gasteiger partial charge in [-0.05, 0) is 6.92 Å². The van der Waals surface area contributed by atoms with Gasteiger partial charge in [0.1, 0.15) is 0 Å². The molecule has 0 aliphatic carbocycles. The summed E-state index contributed by atoms with van der Waals surface area (Å²) < 4.78 is 13.9. The third kappa shape index (κ3) is 19.9. The van der Waals surface area contributed by atoms with Crippen LogP contribution in [0.4, 0.5) is 0 Å². The fourth-order valence-corrected chi connectivity index (χ4v) is 0.825. The normalized spacial score (nSPS) is 9.33. The molecule has 7 nitrogen and oxygen atoms in total. The predicted molar refractivity (Wildman–Crippen MR) is 73.6 cm³/mol. The van der Waals surface area contributed by atoms with Crippen molar-refractivity contribution in [3.05, 3.63) is 24.3 Å². The molecule has 0 aromatic rings. The van der Waals surface area contributed by atoms with E-state index in [0.717, 1.165) is 24.3 Å². The number of nitriles is 2. The Morgan fingerprint density at radius 1 is 1.00 bits per heavy atom. The maximum Gasteiger partial charge on any atom is 0.331 e. The van der Waals surface area contributed by atoms with Gasteiger partial charge in [-0.15, -0.1) is 0 Å². The molecule has 0 atom stereocenters. The number of carbonyl (C=O) groups is 2. The van der Waals surface area contributed by atoms with Crippen molar-refractivity contribution in [1.29, 1.82) is 10.5 Å². The Morgan fingerprint density at radius 3 is 1.95 bits per heavy atom. The van der Waals surface area contributed by atoms with Gasteiger partial charge in [-0.25, -0.2) is 9.59 Å². The molecule has 0 heterocycles. The van der Waals surface area contributed by atoms with Crippen LogP contribution in [0.3, 0.4) is 0 Å². The van der Waals surface area contributed by atoms with Crippen LogP contribution in [0.15, 0.2) is 24.3 Å². The molecule has 0 saturated heterocycles. The number of esters is 2. The molecule has 0 aliphatic heterocycles. The van der Waals surface area contributed by atoms with Gasteiger partial charge in [0, 0.05) is 44.4 Å². The van der Waals surface area contributed by atoms with Crippen LogP contribution in [0.1, 0.15) is 13.3 Å². The van der Waals surface area contributed by atoms with Crippen molar-refractivity contribution >= 4 is 11.9 Å². The van der Waals surface area contributed by atoms with Gasteiger partial charge in [0.05, 0.1) is 25.4 Å². The van der Waals surface area contributed by atoms with E-state index in [9.17, 15) is 9.59 Å². The lowest BCUT2D eigenvalue weighted by atomic mass is 10.5. The zero-order valence-electron chi connectivity index (χ0n) is 12.1. The smallest absolute Gasteiger partial charge is 0.331 e. The average Bonchev–Trinajstić information content (AvgIpc) is 2.48. The van der Waals surface area contributed by atoms with E-state index in [1.54, 1.807) is 26.2 Å². The van der Waals surface area contributed by atoms with Gasteiger partial charge < -0.3 is 14.2 Å². The van der Waals surface area contributed by atoms with Gasteiger partial charge in [-0.1, -0.05) is 0 Å². The quantitative estimate of drug-likeness (QED) is 0.301. The Morgan fingerprint density at radius 2 is 1.52 bits per heavy atom. The van der Waals surface area contributed by atoms with E-state index in [0.29, 0.717) is 26.2 Å². The van der Waals surface area contributed by atoms with E-state index in [4.69, 9.17) is 15.3 Å². The Bertz CT molecular complexity index is 430.